The molecule has 0 radical (unpaired) electrons. The van der Waals surface area contributed by atoms with Crippen LogP contribution in [-0.2, 0) is 0 Å². The van der Waals surface area contributed by atoms with E-state index in [1.807, 2.05) is 36.7 Å². The molecule has 0 spiro atoms. The Morgan fingerprint density at radius 1 is 0.412 bits per heavy atom. The van der Waals surface area contributed by atoms with Crippen molar-refractivity contribution < 1.29 is 0 Å². The minimum atomic E-state index is 0.958. The van der Waals surface area contributed by atoms with E-state index in [4.69, 9.17) is 0 Å². The monoisotopic (exact) mass is 432 g/mol. The number of benzene rings is 5. The Morgan fingerprint density at radius 3 is 1.59 bits per heavy atom. The maximum absolute atomic E-state index is 4.63. The van der Waals surface area contributed by atoms with Gasteiger partial charge in [0.2, 0.25) is 0 Å². The molecule has 0 saturated heterocycles. The summed E-state index contributed by atoms with van der Waals surface area (Å²) in [5, 5.41) is 7.77. The zero-order chi connectivity index (χ0) is 22.5. The summed E-state index contributed by atoms with van der Waals surface area (Å²) in [6.07, 6.45) is 3.69. The average molecular weight is 433 g/mol. The topological polar surface area (TPSA) is 25.8 Å². The Hall–Kier alpha value is -4.56. The van der Waals surface area contributed by atoms with Gasteiger partial charge in [0.25, 0.3) is 0 Å². The molecule has 5 aromatic carbocycles. The van der Waals surface area contributed by atoms with Gasteiger partial charge in [-0.15, -0.1) is 0 Å². The molecule has 0 N–H and O–H groups in total. The first-order valence-corrected chi connectivity index (χ1v) is 11.5. The van der Waals surface area contributed by atoms with Crippen molar-refractivity contribution in [1.29, 1.82) is 0 Å². The van der Waals surface area contributed by atoms with Crippen molar-refractivity contribution in [2.24, 2.45) is 0 Å². The number of pyridine rings is 2. The Morgan fingerprint density at radius 2 is 0.971 bits per heavy atom. The van der Waals surface area contributed by atoms with Crippen molar-refractivity contribution in [2.45, 2.75) is 0 Å². The van der Waals surface area contributed by atoms with Gasteiger partial charge in [-0.2, -0.15) is 0 Å². The van der Waals surface area contributed by atoms with E-state index in [1.165, 1.54) is 43.4 Å². The maximum Gasteiger partial charge on any atom is 0.0702 e. The number of rotatable bonds is 3. The van der Waals surface area contributed by atoms with E-state index in [0.29, 0.717) is 0 Å². The molecule has 2 aromatic heterocycles. The molecule has 2 heteroatoms. The predicted octanol–water partition coefficient (Wildman–Crippen LogP) is 8.38. The Bertz CT molecular complexity index is 1710. The van der Waals surface area contributed by atoms with Gasteiger partial charge in [-0.3, -0.25) is 9.97 Å². The van der Waals surface area contributed by atoms with Gasteiger partial charge in [0.1, 0.15) is 0 Å². The fourth-order valence-electron chi connectivity index (χ4n) is 5.13. The van der Waals surface area contributed by atoms with Crippen molar-refractivity contribution in [1.82, 2.24) is 9.97 Å². The molecule has 0 bridgehead atoms. The summed E-state index contributed by atoms with van der Waals surface area (Å²) in [5.74, 6) is 0. The van der Waals surface area contributed by atoms with E-state index in [2.05, 4.69) is 94.9 Å². The van der Waals surface area contributed by atoms with Crippen molar-refractivity contribution in [3.8, 4) is 33.6 Å². The van der Waals surface area contributed by atoms with Crippen LogP contribution in [0, 0.1) is 0 Å². The van der Waals surface area contributed by atoms with Crippen LogP contribution in [0.4, 0.5) is 0 Å². The summed E-state index contributed by atoms with van der Waals surface area (Å²) in [7, 11) is 0. The fourth-order valence-corrected chi connectivity index (χ4v) is 5.13. The third-order valence-corrected chi connectivity index (χ3v) is 6.69. The number of hydrogen-bond acceptors (Lipinski definition) is 2. The van der Waals surface area contributed by atoms with Gasteiger partial charge in [0.15, 0.2) is 0 Å². The van der Waals surface area contributed by atoms with Crippen LogP contribution in [0.2, 0.25) is 0 Å². The van der Waals surface area contributed by atoms with Crippen molar-refractivity contribution in [3.05, 3.63) is 122 Å². The quantitative estimate of drug-likeness (QED) is 0.262. The third-order valence-electron chi connectivity index (χ3n) is 6.69. The largest absolute Gasteiger partial charge is 0.256 e. The van der Waals surface area contributed by atoms with Crippen LogP contribution >= 0.6 is 0 Å². The lowest BCUT2D eigenvalue weighted by Crippen LogP contribution is -1.91. The zero-order valence-corrected chi connectivity index (χ0v) is 18.4. The molecule has 0 aliphatic carbocycles. The van der Waals surface area contributed by atoms with Crippen LogP contribution < -0.4 is 0 Å². The normalized spacial score (nSPS) is 11.5. The van der Waals surface area contributed by atoms with Gasteiger partial charge in [0.05, 0.1) is 11.4 Å². The van der Waals surface area contributed by atoms with Crippen LogP contribution in [0.5, 0.6) is 0 Å². The second kappa shape index (κ2) is 7.50. The summed E-state index contributed by atoms with van der Waals surface area (Å²) in [5.41, 5.74) is 6.48. The predicted molar refractivity (Wildman–Crippen MR) is 142 cm³/mol. The Labute approximate surface area is 197 Å². The van der Waals surface area contributed by atoms with Crippen LogP contribution in [0.25, 0.3) is 66.0 Å². The zero-order valence-electron chi connectivity index (χ0n) is 18.4. The molecule has 0 aliphatic heterocycles. The third kappa shape index (κ3) is 2.96. The lowest BCUT2D eigenvalue weighted by molar-refractivity contribution is 1.31. The van der Waals surface area contributed by atoms with E-state index >= 15 is 0 Å². The molecule has 158 valence electrons. The summed E-state index contributed by atoms with van der Waals surface area (Å²) >= 11 is 0. The molecule has 34 heavy (non-hydrogen) atoms. The van der Waals surface area contributed by atoms with Gasteiger partial charge in [-0.05, 0) is 85.9 Å². The van der Waals surface area contributed by atoms with Crippen molar-refractivity contribution in [3.63, 3.8) is 0 Å². The molecule has 2 nitrogen and oxygen atoms in total. The molecule has 0 amide bonds. The van der Waals surface area contributed by atoms with E-state index < -0.39 is 0 Å². The van der Waals surface area contributed by atoms with Crippen LogP contribution in [-0.4, -0.2) is 9.97 Å². The highest BCUT2D eigenvalue weighted by atomic mass is 14.7. The Kier molecular flexibility index (Phi) is 4.18. The summed E-state index contributed by atoms with van der Waals surface area (Å²) < 4.78 is 0. The van der Waals surface area contributed by atoms with Gasteiger partial charge >= 0.3 is 0 Å². The molecule has 0 fully saturated rings. The molecule has 0 atom stereocenters. The molecule has 0 unspecified atom stereocenters. The lowest BCUT2D eigenvalue weighted by atomic mass is 9.88. The molecule has 0 saturated carbocycles. The number of nitrogens with zero attached hydrogens (tertiary/aromatic N) is 2. The second-order valence-electron chi connectivity index (χ2n) is 8.70. The summed E-state index contributed by atoms with van der Waals surface area (Å²) in [6.45, 7) is 0. The molecular weight excluding hydrogens is 412 g/mol. The van der Waals surface area contributed by atoms with E-state index in [9.17, 15) is 0 Å². The smallest absolute Gasteiger partial charge is 0.0702 e. The molecule has 7 rings (SSSR count). The first kappa shape index (κ1) is 19.0. The van der Waals surface area contributed by atoms with Gasteiger partial charge in [-0.25, -0.2) is 0 Å². The fraction of sp³-hybridized carbons (Fsp3) is 0. The lowest BCUT2D eigenvalue weighted by Gasteiger charge is -2.16. The minimum Gasteiger partial charge on any atom is -0.256 e. The van der Waals surface area contributed by atoms with E-state index in [1.54, 1.807) is 0 Å². The van der Waals surface area contributed by atoms with Crippen LogP contribution in [0.1, 0.15) is 0 Å². The minimum absolute atomic E-state index is 0.958. The molecule has 2 heterocycles. The van der Waals surface area contributed by atoms with Crippen LogP contribution in [0.15, 0.2) is 122 Å². The Balaban J connectivity index is 1.54. The van der Waals surface area contributed by atoms with Gasteiger partial charge in [-0.1, -0.05) is 66.7 Å². The molecular formula is C32H20N2. The first-order chi connectivity index (χ1) is 16.8. The highest BCUT2D eigenvalue weighted by Gasteiger charge is 2.14. The maximum atomic E-state index is 4.63. The molecule has 7 aromatic rings. The van der Waals surface area contributed by atoms with Crippen LogP contribution in [0.3, 0.4) is 0 Å². The highest BCUT2D eigenvalue weighted by Crippen LogP contribution is 2.40. The van der Waals surface area contributed by atoms with E-state index in [-0.39, 0.29) is 0 Å². The van der Waals surface area contributed by atoms with E-state index in [0.717, 1.165) is 22.5 Å². The van der Waals surface area contributed by atoms with Gasteiger partial charge < -0.3 is 0 Å². The first-order valence-electron chi connectivity index (χ1n) is 11.5. The number of aromatic nitrogens is 2. The summed E-state index contributed by atoms with van der Waals surface area (Å²) in [6, 6.07) is 38.8. The van der Waals surface area contributed by atoms with Gasteiger partial charge in [0, 0.05) is 23.5 Å². The SMILES string of the molecule is c1ccc(-c2cc(-c3ccccn3)cc(-c3ccc4ccc5cccc6ccc3c4c56)c2)nc1. The van der Waals surface area contributed by atoms with Crippen molar-refractivity contribution >= 4 is 32.3 Å². The number of hydrogen-bond donors (Lipinski definition) is 0. The standard InChI is InChI=1S/C32H20N2/c1-3-16-33-29(8-1)25-18-24(19-26(20-25)30-9-2-4-17-34-30)27-14-12-23-11-10-21-6-5-7-22-13-15-28(27)32(23)31(21)22/h1-20H. The summed E-state index contributed by atoms with van der Waals surface area (Å²) in [4.78, 5) is 9.25. The average Bonchev–Trinajstić information content (AvgIpc) is 2.92. The molecule has 0 aliphatic rings. The van der Waals surface area contributed by atoms with Crippen molar-refractivity contribution in [2.75, 3.05) is 0 Å². The second-order valence-corrected chi connectivity index (χ2v) is 8.70. The highest BCUT2D eigenvalue weighted by molar-refractivity contribution is 6.25.